The molecule has 0 aliphatic carbocycles. The van der Waals surface area contributed by atoms with Gasteiger partial charge in [0, 0.05) is 45.7 Å². The highest BCUT2D eigenvalue weighted by atomic mass is 16.5. The zero-order valence-electron chi connectivity index (χ0n) is 27.4. The third-order valence-electron chi connectivity index (χ3n) is 7.73. The molecule has 44 heavy (non-hydrogen) atoms. The van der Waals surface area contributed by atoms with Crippen molar-refractivity contribution < 1.29 is 38.5 Å². The monoisotopic (exact) mass is 627 g/mol. The van der Waals surface area contributed by atoms with Gasteiger partial charge < -0.3 is 34.9 Å². The molecule has 1 unspecified atom stereocenters. The lowest BCUT2D eigenvalue weighted by atomic mass is 10.0. The van der Waals surface area contributed by atoms with Gasteiger partial charge in [-0.25, -0.2) is 0 Å². The fourth-order valence-corrected chi connectivity index (χ4v) is 5.18. The van der Waals surface area contributed by atoms with E-state index in [4.69, 9.17) is 19.3 Å². The summed E-state index contributed by atoms with van der Waals surface area (Å²) in [4.78, 5) is 49.1. The van der Waals surface area contributed by atoms with Crippen molar-refractivity contribution in [2.45, 2.75) is 129 Å². The minimum Gasteiger partial charge on any atom is -0.481 e. The van der Waals surface area contributed by atoms with Gasteiger partial charge in [0.2, 0.25) is 17.7 Å². The smallest absolute Gasteiger partial charge is 0.303 e. The number of carbonyl (C=O) groups is 4. The van der Waals surface area contributed by atoms with Gasteiger partial charge in [0.25, 0.3) is 0 Å². The van der Waals surface area contributed by atoms with E-state index in [0.717, 1.165) is 25.7 Å². The molecule has 0 aromatic rings. The van der Waals surface area contributed by atoms with Crippen molar-refractivity contribution in [1.29, 1.82) is 0 Å². The second-order valence-electron chi connectivity index (χ2n) is 11.6. The Morgan fingerprint density at radius 1 is 0.659 bits per heavy atom. The highest BCUT2D eigenvalue weighted by Crippen LogP contribution is 2.20. The molecule has 11 nitrogen and oxygen atoms in total. The second kappa shape index (κ2) is 28.2. The van der Waals surface area contributed by atoms with Crippen molar-refractivity contribution in [1.82, 2.24) is 15.5 Å². The number of rotatable bonds is 30. The van der Waals surface area contributed by atoms with Crippen LogP contribution in [0.1, 0.15) is 122 Å². The first kappa shape index (κ1) is 39.8. The number of amides is 3. The number of carboxylic acids is 1. The Bertz CT molecular complexity index is 767. The largest absolute Gasteiger partial charge is 0.481 e. The van der Waals surface area contributed by atoms with Crippen LogP contribution in [0.2, 0.25) is 0 Å². The first-order valence-corrected chi connectivity index (χ1v) is 17.2. The predicted molar refractivity (Wildman–Crippen MR) is 170 cm³/mol. The molecule has 1 aliphatic rings. The van der Waals surface area contributed by atoms with Crippen molar-refractivity contribution in [2.24, 2.45) is 0 Å². The molecule has 1 fully saturated rings. The van der Waals surface area contributed by atoms with Crippen LogP contribution in [-0.4, -0.2) is 99.0 Å². The number of carboxylic acid groups (broad SMARTS) is 1. The van der Waals surface area contributed by atoms with Gasteiger partial charge in [-0.15, -0.1) is 0 Å². The van der Waals surface area contributed by atoms with E-state index >= 15 is 0 Å². The van der Waals surface area contributed by atoms with Crippen molar-refractivity contribution in [3.05, 3.63) is 0 Å². The number of aliphatic carboxylic acids is 1. The summed E-state index contributed by atoms with van der Waals surface area (Å²) in [5.74, 6) is -1.19. The lowest BCUT2D eigenvalue weighted by Crippen LogP contribution is -2.46. The number of hydrogen-bond acceptors (Lipinski definition) is 7. The standard InChI is InChI=1S/C33H61N3O8/c1-2-3-4-5-6-7-8-9-10-11-12-17-31(38)36-22-13-16-29(36)33(41)35-21-15-24-43-26-28-44-27-25-42-23-14-20-34-30(37)18-19-32(39)40/h29H,2-28H2,1H3,(H,34,37)(H,35,41)(H,39,40). The SMILES string of the molecule is CCCCCCCCCCCCCC(=O)N1CCCC1C(=O)NCCCOCCOCCOCCCNC(=O)CCC(=O)O. The van der Waals surface area contributed by atoms with Gasteiger partial charge in [-0.3, -0.25) is 19.2 Å². The summed E-state index contributed by atoms with van der Waals surface area (Å²) in [6, 6.07) is -0.339. The first-order chi connectivity index (χ1) is 21.5. The van der Waals surface area contributed by atoms with Crippen molar-refractivity contribution in [3.63, 3.8) is 0 Å². The highest BCUT2D eigenvalue weighted by Gasteiger charge is 2.33. The lowest BCUT2D eigenvalue weighted by molar-refractivity contribution is -0.138. The van der Waals surface area contributed by atoms with Crippen LogP contribution < -0.4 is 10.6 Å². The molecular formula is C33H61N3O8. The van der Waals surface area contributed by atoms with E-state index in [0.29, 0.717) is 78.5 Å². The summed E-state index contributed by atoms with van der Waals surface area (Å²) in [6.07, 6.45) is 17.1. The maximum absolute atomic E-state index is 12.8. The van der Waals surface area contributed by atoms with E-state index in [1.165, 1.54) is 57.8 Å². The fourth-order valence-electron chi connectivity index (χ4n) is 5.18. The van der Waals surface area contributed by atoms with E-state index < -0.39 is 5.97 Å². The van der Waals surface area contributed by atoms with Crippen LogP contribution in [0.25, 0.3) is 0 Å². The Labute approximate surface area is 265 Å². The van der Waals surface area contributed by atoms with Crippen LogP contribution >= 0.6 is 0 Å². The van der Waals surface area contributed by atoms with E-state index in [1.807, 2.05) is 0 Å². The maximum atomic E-state index is 12.8. The predicted octanol–water partition coefficient (Wildman–Crippen LogP) is 4.61. The van der Waals surface area contributed by atoms with Gasteiger partial charge in [0.1, 0.15) is 6.04 Å². The molecule has 3 N–H and O–H groups in total. The quantitative estimate of drug-likeness (QED) is 0.0981. The van der Waals surface area contributed by atoms with Crippen molar-refractivity contribution in [3.8, 4) is 0 Å². The van der Waals surface area contributed by atoms with Crippen LogP contribution in [0.15, 0.2) is 0 Å². The van der Waals surface area contributed by atoms with Crippen LogP contribution in [-0.2, 0) is 33.4 Å². The topological polar surface area (TPSA) is 144 Å². The molecule has 3 amide bonds. The van der Waals surface area contributed by atoms with Crippen molar-refractivity contribution >= 4 is 23.7 Å². The zero-order chi connectivity index (χ0) is 32.1. The van der Waals surface area contributed by atoms with Gasteiger partial charge in [0.05, 0.1) is 32.8 Å². The molecule has 1 atom stereocenters. The molecule has 0 bridgehead atoms. The number of carbonyl (C=O) groups excluding carboxylic acids is 3. The molecule has 0 aromatic heterocycles. The van der Waals surface area contributed by atoms with Gasteiger partial charge in [-0.05, 0) is 32.1 Å². The molecule has 1 saturated heterocycles. The second-order valence-corrected chi connectivity index (χ2v) is 11.6. The molecular weight excluding hydrogens is 566 g/mol. The molecule has 0 radical (unpaired) electrons. The maximum Gasteiger partial charge on any atom is 0.303 e. The average molecular weight is 628 g/mol. The fraction of sp³-hybridized carbons (Fsp3) is 0.879. The molecule has 0 saturated carbocycles. The summed E-state index contributed by atoms with van der Waals surface area (Å²) in [6.45, 7) is 6.69. The lowest BCUT2D eigenvalue weighted by Gasteiger charge is -2.24. The Morgan fingerprint density at radius 3 is 1.75 bits per heavy atom. The molecule has 0 aromatic carbocycles. The number of nitrogens with zero attached hydrogens (tertiary/aromatic N) is 1. The minimum absolute atomic E-state index is 0.0122. The molecule has 1 aliphatic heterocycles. The Balaban J connectivity index is 1.93. The molecule has 256 valence electrons. The van der Waals surface area contributed by atoms with Crippen LogP contribution in [0.4, 0.5) is 0 Å². The Hall–Kier alpha value is -2.24. The van der Waals surface area contributed by atoms with Gasteiger partial charge in [-0.2, -0.15) is 0 Å². The van der Waals surface area contributed by atoms with Crippen LogP contribution in [0.5, 0.6) is 0 Å². The van der Waals surface area contributed by atoms with Crippen LogP contribution in [0, 0.1) is 0 Å². The summed E-state index contributed by atoms with van der Waals surface area (Å²) in [5, 5.41) is 14.2. The molecule has 0 spiro atoms. The third kappa shape index (κ3) is 22.3. The van der Waals surface area contributed by atoms with Crippen molar-refractivity contribution in [2.75, 3.05) is 59.3 Å². The summed E-state index contributed by atoms with van der Waals surface area (Å²) in [7, 11) is 0. The number of likely N-dealkylation sites (tertiary alicyclic amines) is 1. The zero-order valence-corrected chi connectivity index (χ0v) is 27.4. The summed E-state index contributed by atoms with van der Waals surface area (Å²) < 4.78 is 16.5. The van der Waals surface area contributed by atoms with Gasteiger partial charge in [-0.1, -0.05) is 71.1 Å². The number of unbranched alkanes of at least 4 members (excludes halogenated alkanes) is 10. The summed E-state index contributed by atoms with van der Waals surface area (Å²) >= 11 is 0. The minimum atomic E-state index is -0.983. The highest BCUT2D eigenvalue weighted by molar-refractivity contribution is 5.88. The molecule has 11 heteroatoms. The number of hydrogen-bond donors (Lipinski definition) is 3. The van der Waals surface area contributed by atoms with E-state index in [-0.39, 0.29) is 36.6 Å². The normalized spacial score (nSPS) is 14.6. The van der Waals surface area contributed by atoms with E-state index in [9.17, 15) is 19.2 Å². The third-order valence-corrected chi connectivity index (χ3v) is 7.73. The van der Waals surface area contributed by atoms with E-state index in [2.05, 4.69) is 17.6 Å². The number of ether oxygens (including phenoxy) is 3. The average Bonchev–Trinajstić information content (AvgIpc) is 3.51. The molecule has 1 heterocycles. The Kier molecular flexibility index (Phi) is 25.5. The number of nitrogens with one attached hydrogen (secondary N) is 2. The van der Waals surface area contributed by atoms with Crippen LogP contribution in [0.3, 0.4) is 0 Å². The van der Waals surface area contributed by atoms with E-state index in [1.54, 1.807) is 4.90 Å². The Morgan fingerprint density at radius 2 is 1.18 bits per heavy atom. The van der Waals surface area contributed by atoms with Gasteiger partial charge >= 0.3 is 5.97 Å². The first-order valence-electron chi connectivity index (χ1n) is 17.2. The molecule has 1 rings (SSSR count). The van der Waals surface area contributed by atoms with Gasteiger partial charge in [0.15, 0.2) is 0 Å². The summed E-state index contributed by atoms with van der Waals surface area (Å²) in [5.41, 5.74) is 0.